The lowest BCUT2D eigenvalue weighted by molar-refractivity contribution is 0.506. The molecule has 1 heterocycles. The van der Waals surface area contributed by atoms with Crippen LogP contribution in [0, 0.1) is 0 Å². The van der Waals surface area contributed by atoms with E-state index in [1.54, 1.807) is 0 Å². The summed E-state index contributed by atoms with van der Waals surface area (Å²) in [6, 6.07) is 35.3. The van der Waals surface area contributed by atoms with Crippen LogP contribution < -0.4 is 0 Å². The van der Waals surface area contributed by atoms with E-state index >= 15 is 0 Å². The average Bonchev–Trinajstić information content (AvgIpc) is 3.13. The highest BCUT2D eigenvalue weighted by Gasteiger charge is 2.19. The molecule has 0 N–H and O–H groups in total. The van der Waals surface area contributed by atoms with Crippen molar-refractivity contribution in [3.63, 3.8) is 0 Å². The van der Waals surface area contributed by atoms with E-state index in [0.717, 1.165) is 6.42 Å². The third kappa shape index (κ3) is 3.02. The van der Waals surface area contributed by atoms with E-state index in [9.17, 15) is 0 Å². The predicted molar refractivity (Wildman–Crippen MR) is 130 cm³/mol. The fourth-order valence-electron chi connectivity index (χ4n) is 4.33. The minimum atomic E-state index is 0.184. The van der Waals surface area contributed by atoms with Crippen LogP contribution in [0.4, 0.5) is 0 Å². The van der Waals surface area contributed by atoms with Gasteiger partial charge in [-0.3, -0.25) is 0 Å². The van der Waals surface area contributed by atoms with Gasteiger partial charge in [-0.25, -0.2) is 0 Å². The molecule has 0 radical (unpaired) electrons. The van der Waals surface area contributed by atoms with Gasteiger partial charge in [0.1, 0.15) is 0 Å². The largest absolute Gasteiger partial charge is 0.309 e. The summed E-state index contributed by atoms with van der Waals surface area (Å²) >= 11 is 0. The van der Waals surface area contributed by atoms with Crippen molar-refractivity contribution in [1.29, 1.82) is 0 Å². The fraction of sp³-hybridized carbons (Fsp3) is 0.172. The lowest BCUT2D eigenvalue weighted by atomic mass is 9.81. The molecular formula is C29H27N. The van der Waals surface area contributed by atoms with E-state index in [4.69, 9.17) is 0 Å². The van der Waals surface area contributed by atoms with Gasteiger partial charge >= 0.3 is 0 Å². The first-order chi connectivity index (χ1) is 14.6. The van der Waals surface area contributed by atoms with Gasteiger partial charge in [-0.05, 0) is 58.9 Å². The Balaban J connectivity index is 1.74. The molecule has 148 valence electrons. The van der Waals surface area contributed by atoms with Gasteiger partial charge in [0.15, 0.2) is 0 Å². The van der Waals surface area contributed by atoms with Crippen molar-refractivity contribution in [1.82, 2.24) is 4.57 Å². The van der Waals surface area contributed by atoms with Crippen LogP contribution >= 0.6 is 0 Å². The normalized spacial score (nSPS) is 12.0. The van der Waals surface area contributed by atoms with Crippen molar-refractivity contribution in [3.05, 3.63) is 103 Å². The topological polar surface area (TPSA) is 4.93 Å². The van der Waals surface area contributed by atoms with Crippen LogP contribution in [0.25, 0.3) is 38.6 Å². The third-order valence-electron chi connectivity index (χ3n) is 6.55. The molecule has 0 atom stereocenters. The van der Waals surface area contributed by atoms with Crippen molar-refractivity contribution in [2.24, 2.45) is 0 Å². The molecule has 0 aliphatic carbocycles. The summed E-state index contributed by atoms with van der Waals surface area (Å²) in [5, 5.41) is 2.59. The molecule has 0 saturated heterocycles. The number of fused-ring (bicyclic) bond motifs is 3. The van der Waals surface area contributed by atoms with E-state index in [2.05, 4.69) is 122 Å². The van der Waals surface area contributed by atoms with Crippen LogP contribution in [0.5, 0.6) is 0 Å². The fourth-order valence-corrected chi connectivity index (χ4v) is 4.33. The zero-order valence-corrected chi connectivity index (χ0v) is 17.9. The number of hydrogen-bond donors (Lipinski definition) is 0. The molecule has 5 aromatic rings. The van der Waals surface area contributed by atoms with Gasteiger partial charge in [0, 0.05) is 16.5 Å². The Labute approximate surface area is 178 Å². The van der Waals surface area contributed by atoms with E-state index < -0.39 is 0 Å². The molecule has 0 saturated carbocycles. The molecule has 0 amide bonds. The minimum absolute atomic E-state index is 0.184. The van der Waals surface area contributed by atoms with Crippen LogP contribution in [-0.2, 0) is 5.41 Å². The van der Waals surface area contributed by atoms with E-state index in [0.29, 0.717) is 0 Å². The van der Waals surface area contributed by atoms with Crippen LogP contribution in [0.3, 0.4) is 0 Å². The maximum absolute atomic E-state index is 2.37. The zero-order valence-electron chi connectivity index (χ0n) is 17.9. The summed E-state index contributed by atoms with van der Waals surface area (Å²) in [4.78, 5) is 0. The molecule has 0 fully saturated rings. The Morgan fingerprint density at radius 2 is 1.33 bits per heavy atom. The maximum atomic E-state index is 2.37. The van der Waals surface area contributed by atoms with Crippen molar-refractivity contribution in [2.75, 3.05) is 0 Å². The van der Waals surface area contributed by atoms with Crippen molar-refractivity contribution in [3.8, 4) is 16.8 Å². The summed E-state index contributed by atoms with van der Waals surface area (Å²) in [7, 11) is 0. The summed E-state index contributed by atoms with van der Waals surface area (Å²) in [5.41, 5.74) is 7.83. The van der Waals surface area contributed by atoms with Crippen molar-refractivity contribution >= 4 is 21.8 Å². The monoisotopic (exact) mass is 389 g/mol. The Kier molecular flexibility index (Phi) is 4.47. The summed E-state index contributed by atoms with van der Waals surface area (Å²) in [5.74, 6) is 0. The molecule has 1 nitrogen and oxygen atoms in total. The first kappa shape index (κ1) is 18.7. The van der Waals surface area contributed by atoms with Crippen LogP contribution in [0.2, 0.25) is 0 Å². The number of para-hydroxylation sites is 2. The predicted octanol–water partition coefficient (Wildman–Crippen LogP) is 8.14. The lowest BCUT2D eigenvalue weighted by Gasteiger charge is -2.24. The highest BCUT2D eigenvalue weighted by molar-refractivity contribution is 6.10. The van der Waals surface area contributed by atoms with Gasteiger partial charge in [-0.15, -0.1) is 0 Å². The molecule has 4 aromatic carbocycles. The molecule has 30 heavy (non-hydrogen) atoms. The second-order valence-electron chi connectivity index (χ2n) is 8.74. The van der Waals surface area contributed by atoms with Gasteiger partial charge in [0.2, 0.25) is 0 Å². The lowest BCUT2D eigenvalue weighted by Crippen LogP contribution is -2.15. The molecule has 0 aliphatic rings. The SMILES string of the molecule is CCC(C)(C)c1cccc(-c2ccc3c(c2)c2ccccc2n3-c2ccccc2)c1. The number of rotatable bonds is 4. The number of aromatic nitrogens is 1. The van der Waals surface area contributed by atoms with Crippen LogP contribution in [-0.4, -0.2) is 4.57 Å². The Bertz CT molecular complexity index is 1340. The second-order valence-corrected chi connectivity index (χ2v) is 8.74. The number of hydrogen-bond acceptors (Lipinski definition) is 0. The highest BCUT2D eigenvalue weighted by Crippen LogP contribution is 2.36. The Morgan fingerprint density at radius 3 is 2.13 bits per heavy atom. The molecule has 0 bridgehead atoms. The van der Waals surface area contributed by atoms with E-state index in [1.807, 2.05) is 0 Å². The van der Waals surface area contributed by atoms with Gasteiger partial charge in [-0.1, -0.05) is 87.5 Å². The molecule has 5 rings (SSSR count). The number of nitrogens with zero attached hydrogens (tertiary/aromatic N) is 1. The summed E-state index contributed by atoms with van der Waals surface area (Å²) < 4.78 is 2.37. The Morgan fingerprint density at radius 1 is 0.633 bits per heavy atom. The Hall–Kier alpha value is -3.32. The van der Waals surface area contributed by atoms with Crippen LogP contribution in [0.1, 0.15) is 32.8 Å². The van der Waals surface area contributed by atoms with Gasteiger partial charge < -0.3 is 4.57 Å². The zero-order chi connectivity index (χ0) is 20.7. The van der Waals surface area contributed by atoms with E-state index in [-0.39, 0.29) is 5.41 Å². The van der Waals surface area contributed by atoms with Crippen LogP contribution in [0.15, 0.2) is 97.1 Å². The van der Waals surface area contributed by atoms with Gasteiger partial charge in [0.05, 0.1) is 11.0 Å². The van der Waals surface area contributed by atoms with Crippen molar-refractivity contribution in [2.45, 2.75) is 32.6 Å². The molecule has 0 spiro atoms. The third-order valence-corrected chi connectivity index (χ3v) is 6.55. The highest BCUT2D eigenvalue weighted by atomic mass is 15.0. The smallest absolute Gasteiger partial charge is 0.0541 e. The van der Waals surface area contributed by atoms with Gasteiger partial charge in [0.25, 0.3) is 0 Å². The maximum Gasteiger partial charge on any atom is 0.0541 e. The molecule has 0 aliphatic heterocycles. The summed E-state index contributed by atoms with van der Waals surface area (Å²) in [6.07, 6.45) is 1.13. The molecule has 1 heteroatoms. The second kappa shape index (κ2) is 7.18. The molecular weight excluding hydrogens is 362 g/mol. The van der Waals surface area contributed by atoms with E-state index in [1.165, 1.54) is 44.2 Å². The van der Waals surface area contributed by atoms with Crippen molar-refractivity contribution < 1.29 is 0 Å². The summed E-state index contributed by atoms with van der Waals surface area (Å²) in [6.45, 7) is 6.91. The average molecular weight is 390 g/mol. The molecule has 1 aromatic heterocycles. The first-order valence-electron chi connectivity index (χ1n) is 10.8. The minimum Gasteiger partial charge on any atom is -0.309 e. The quantitative estimate of drug-likeness (QED) is 0.292. The number of benzene rings is 4. The van der Waals surface area contributed by atoms with Gasteiger partial charge in [-0.2, -0.15) is 0 Å². The standard InChI is InChI=1S/C29H27N/c1-4-29(2,3)23-12-10-11-21(19-23)22-17-18-28-26(20-22)25-15-8-9-16-27(25)30(28)24-13-6-5-7-14-24/h5-20H,4H2,1-3H3. The molecule has 0 unspecified atom stereocenters. The first-order valence-corrected chi connectivity index (χ1v) is 10.8.